The topological polar surface area (TPSA) is 12.5 Å². The SMILES string of the molecule is FC(F)(F)C(F)(C(F)(F)F)C(F)(F)C(F)(F)C(F)(F)C(F)(F)C(F)(F)C(F)(F)C(F)(F)C(F)(F)C[C@@H]1CO1. The minimum atomic E-state index is -9.44. The van der Waals surface area contributed by atoms with Crippen molar-refractivity contribution in [3.05, 3.63) is 0 Å². The van der Waals surface area contributed by atoms with E-state index < -0.39 is 84.5 Å². The van der Waals surface area contributed by atoms with Crippen molar-refractivity contribution in [2.24, 2.45) is 0 Å². The van der Waals surface area contributed by atoms with Gasteiger partial charge in [-0.2, -0.15) is 96.6 Å². The third kappa shape index (κ3) is 4.12. The molecule has 0 N–H and O–H groups in total. The van der Waals surface area contributed by atoms with Gasteiger partial charge in [0.25, 0.3) is 0 Å². The fourth-order valence-electron chi connectivity index (χ4n) is 2.55. The van der Waals surface area contributed by atoms with Gasteiger partial charge in [-0.25, -0.2) is 4.39 Å². The van der Waals surface area contributed by atoms with Crippen LogP contribution < -0.4 is 0 Å². The largest absolute Gasteiger partial charge is 0.438 e. The molecule has 1 heterocycles. The second kappa shape index (κ2) is 8.43. The van der Waals surface area contributed by atoms with Gasteiger partial charge >= 0.3 is 65.4 Å². The summed E-state index contributed by atoms with van der Waals surface area (Å²) in [7, 11) is 0. The van der Waals surface area contributed by atoms with Crippen molar-refractivity contribution in [2.45, 2.75) is 77.9 Å². The molecule has 0 aromatic heterocycles. The minimum absolute atomic E-state index is 0.980. The Balaban J connectivity index is 3.83. The van der Waals surface area contributed by atoms with Gasteiger partial charge in [0.15, 0.2) is 0 Å². The maximum atomic E-state index is 13.6. The molecule has 0 aliphatic carbocycles. The molecule has 0 saturated carbocycles. The van der Waals surface area contributed by atoms with Gasteiger partial charge in [0.2, 0.25) is 0 Å². The van der Waals surface area contributed by atoms with Crippen molar-refractivity contribution in [3.8, 4) is 0 Å². The van der Waals surface area contributed by atoms with Crippen molar-refractivity contribution >= 4 is 0 Å². The Labute approximate surface area is 191 Å². The predicted octanol–water partition coefficient (Wildman–Crippen LogP) is 7.69. The normalized spacial score (nSPS) is 20.1. The molecule has 0 aromatic rings. The zero-order valence-electron chi connectivity index (χ0n) is 16.6. The first-order valence-corrected chi connectivity index (χ1v) is 8.54. The third-order valence-corrected chi connectivity index (χ3v) is 4.93. The summed E-state index contributed by atoms with van der Waals surface area (Å²) in [6.45, 7) is -0.980. The summed E-state index contributed by atoms with van der Waals surface area (Å²) in [6, 6.07) is 0. The molecule has 38 heavy (non-hydrogen) atoms. The molecule has 1 aliphatic rings. The van der Waals surface area contributed by atoms with E-state index in [-0.39, 0.29) is 0 Å². The quantitative estimate of drug-likeness (QED) is 0.179. The predicted molar refractivity (Wildman–Crippen MR) is 69.9 cm³/mol. The van der Waals surface area contributed by atoms with Crippen molar-refractivity contribution in [1.29, 1.82) is 0 Å². The van der Waals surface area contributed by atoms with E-state index in [9.17, 15) is 101 Å². The van der Waals surface area contributed by atoms with Crippen LogP contribution in [0.4, 0.5) is 101 Å². The van der Waals surface area contributed by atoms with Gasteiger partial charge in [0.05, 0.1) is 12.7 Å². The van der Waals surface area contributed by atoms with Gasteiger partial charge in [0, 0.05) is 6.42 Å². The van der Waals surface area contributed by atoms with Crippen LogP contribution in [0, 0.1) is 0 Å². The maximum Gasteiger partial charge on any atom is 0.438 e. The van der Waals surface area contributed by atoms with Crippen LogP contribution in [0.3, 0.4) is 0 Å². The molecule has 0 unspecified atom stereocenters. The van der Waals surface area contributed by atoms with Crippen LogP contribution in [-0.4, -0.2) is 78.1 Å². The van der Waals surface area contributed by atoms with E-state index >= 15 is 0 Å². The van der Waals surface area contributed by atoms with Crippen LogP contribution in [0.25, 0.3) is 0 Å². The molecule has 0 spiro atoms. The van der Waals surface area contributed by atoms with Crippen molar-refractivity contribution in [3.63, 3.8) is 0 Å². The standard InChI is InChI=1S/C14H5F23O/c15-4(16,1-3-2-38-3)6(18,19)8(22,23)10(26,27)12(30,31)11(28,29)9(24,25)7(20,21)5(17,13(32,33)34)14(35,36)37/h3H,1-2H2/t3-/m1/s1. The zero-order valence-corrected chi connectivity index (χ0v) is 16.6. The Morgan fingerprint density at radius 2 is 0.632 bits per heavy atom. The smallest absolute Gasteiger partial charge is 0.373 e. The van der Waals surface area contributed by atoms with E-state index in [4.69, 9.17) is 0 Å². The van der Waals surface area contributed by atoms with Crippen LogP contribution in [-0.2, 0) is 4.74 Å². The second-order valence-corrected chi connectivity index (χ2v) is 7.54. The lowest BCUT2D eigenvalue weighted by molar-refractivity contribution is -0.481. The highest BCUT2D eigenvalue weighted by Crippen LogP contribution is 2.68. The van der Waals surface area contributed by atoms with Gasteiger partial charge in [-0.05, 0) is 0 Å². The van der Waals surface area contributed by atoms with Gasteiger partial charge in [-0.1, -0.05) is 0 Å². The Bertz CT molecular complexity index is 860. The van der Waals surface area contributed by atoms with Crippen molar-refractivity contribution in [1.82, 2.24) is 0 Å². The summed E-state index contributed by atoms with van der Waals surface area (Å²) < 4.78 is 308. The fourth-order valence-corrected chi connectivity index (χ4v) is 2.55. The molecule has 0 aromatic carbocycles. The summed E-state index contributed by atoms with van der Waals surface area (Å²) in [6.07, 6.45) is -21.9. The molecule has 0 bridgehead atoms. The minimum Gasteiger partial charge on any atom is -0.373 e. The molecule has 1 nitrogen and oxygen atoms in total. The van der Waals surface area contributed by atoms with E-state index in [0.29, 0.717) is 0 Å². The summed E-state index contributed by atoms with van der Waals surface area (Å²) in [5.41, 5.74) is -9.00. The molecular weight excluding hydrogens is 621 g/mol. The van der Waals surface area contributed by atoms with E-state index in [1.165, 1.54) is 0 Å². The van der Waals surface area contributed by atoms with Gasteiger partial charge in [0.1, 0.15) is 0 Å². The van der Waals surface area contributed by atoms with Gasteiger partial charge in [-0.15, -0.1) is 0 Å². The molecule has 24 heteroatoms. The van der Waals surface area contributed by atoms with E-state index in [1.807, 2.05) is 0 Å². The average molecular weight is 626 g/mol. The number of halogens is 23. The van der Waals surface area contributed by atoms with E-state index in [0.717, 1.165) is 0 Å². The first-order chi connectivity index (χ1) is 16.1. The molecule has 0 amide bonds. The van der Waals surface area contributed by atoms with Crippen LogP contribution in [0.5, 0.6) is 0 Å². The highest BCUT2D eigenvalue weighted by molar-refractivity contribution is 5.20. The average Bonchev–Trinajstić information content (AvgIpc) is 3.47. The third-order valence-electron chi connectivity index (χ3n) is 4.93. The summed E-state index contributed by atoms with van der Waals surface area (Å²) in [5, 5.41) is 0. The second-order valence-electron chi connectivity index (χ2n) is 7.54. The van der Waals surface area contributed by atoms with Gasteiger partial charge in [-0.3, -0.25) is 0 Å². The van der Waals surface area contributed by atoms with Crippen molar-refractivity contribution < 1.29 is 106 Å². The molecule has 1 aliphatic heterocycles. The Kier molecular flexibility index (Phi) is 7.62. The van der Waals surface area contributed by atoms with Crippen LogP contribution >= 0.6 is 0 Å². The number of epoxide rings is 1. The van der Waals surface area contributed by atoms with Gasteiger partial charge < -0.3 is 4.74 Å². The van der Waals surface area contributed by atoms with E-state index in [1.54, 1.807) is 0 Å². The van der Waals surface area contributed by atoms with Crippen LogP contribution in [0.2, 0.25) is 0 Å². The lowest BCUT2D eigenvalue weighted by atomic mass is 9.82. The van der Waals surface area contributed by atoms with E-state index in [2.05, 4.69) is 4.74 Å². The Hall–Kier alpha value is -1.65. The highest BCUT2D eigenvalue weighted by atomic mass is 19.4. The molecule has 1 fully saturated rings. The first kappa shape index (κ1) is 34.4. The highest BCUT2D eigenvalue weighted by Gasteiger charge is 3.00. The lowest BCUT2D eigenvalue weighted by Crippen LogP contribution is -2.79. The first-order valence-electron chi connectivity index (χ1n) is 8.54. The molecule has 1 atom stereocenters. The summed E-state index contributed by atoms with van der Waals surface area (Å²) in [5.74, 6) is -70.0. The molecule has 0 radical (unpaired) electrons. The molecule has 1 saturated heterocycles. The lowest BCUT2D eigenvalue weighted by Gasteiger charge is -2.46. The van der Waals surface area contributed by atoms with Crippen LogP contribution in [0.1, 0.15) is 6.42 Å². The number of alkyl halides is 23. The summed E-state index contributed by atoms with van der Waals surface area (Å²) >= 11 is 0. The molecule has 228 valence electrons. The number of rotatable bonds is 10. The molecule has 1 rings (SSSR count). The number of ether oxygens (including phenoxy) is 1. The Morgan fingerprint density at radius 3 is 0.868 bits per heavy atom. The van der Waals surface area contributed by atoms with Crippen molar-refractivity contribution in [2.75, 3.05) is 6.61 Å². The fraction of sp³-hybridized carbons (Fsp3) is 1.00. The van der Waals surface area contributed by atoms with Crippen LogP contribution in [0.15, 0.2) is 0 Å². The maximum absolute atomic E-state index is 13.6. The Morgan fingerprint density at radius 1 is 0.395 bits per heavy atom. The number of hydrogen-bond donors (Lipinski definition) is 0. The number of hydrogen-bond acceptors (Lipinski definition) is 1. The monoisotopic (exact) mass is 626 g/mol. The molecular formula is C14H5F23O. The zero-order chi connectivity index (χ0) is 31.2. The summed E-state index contributed by atoms with van der Waals surface area (Å²) in [4.78, 5) is 0.